The summed E-state index contributed by atoms with van der Waals surface area (Å²) in [6, 6.07) is 0. The first kappa shape index (κ1) is 24.8. The molecule has 1 N–H and O–H groups in total. The Hall–Kier alpha value is -0.870. The highest BCUT2D eigenvalue weighted by Gasteiger charge is 2.59. The summed E-state index contributed by atoms with van der Waals surface area (Å²) in [5.74, 6) is 4.22. The van der Waals surface area contributed by atoms with E-state index in [0.717, 1.165) is 68.9 Å². The molecule has 0 spiro atoms. The van der Waals surface area contributed by atoms with Gasteiger partial charge in [0, 0.05) is 26.6 Å². The van der Waals surface area contributed by atoms with Crippen LogP contribution in [0.25, 0.3) is 0 Å². The standard InChI is InChI=1S/C30H49NO3/c1-20(5-10-28(33)31-17-13-23(34-4)14-18-31)25-8-9-26-24-7-6-21-19-22(32)11-15-29(21,2)27(24)12-16-30(25,26)3/h6,20,22-27,32H,5,7-19H2,1-4H3/t20-,22+,24+,25-,26+,27+,29+,30-/m1/s1. The maximum atomic E-state index is 12.9. The summed E-state index contributed by atoms with van der Waals surface area (Å²) in [7, 11) is 1.79. The Kier molecular flexibility index (Phi) is 6.96. The van der Waals surface area contributed by atoms with Crippen LogP contribution in [0.2, 0.25) is 0 Å². The number of hydrogen-bond acceptors (Lipinski definition) is 3. The van der Waals surface area contributed by atoms with Crippen LogP contribution in [-0.2, 0) is 9.53 Å². The summed E-state index contributed by atoms with van der Waals surface area (Å²) in [6.45, 7) is 9.32. The van der Waals surface area contributed by atoms with Crippen molar-refractivity contribution >= 4 is 5.91 Å². The quantitative estimate of drug-likeness (QED) is 0.502. The van der Waals surface area contributed by atoms with E-state index >= 15 is 0 Å². The SMILES string of the molecule is COC1CCN(C(=O)CC[C@@H](C)[C@H]2CC[C@H]3[C@@H]4CC=C5C[C@@H](O)CC[C@]5(C)[C@H]4CC[C@]23C)CC1. The van der Waals surface area contributed by atoms with E-state index in [4.69, 9.17) is 4.74 Å². The number of hydrogen-bond donors (Lipinski definition) is 1. The number of ether oxygens (including phenoxy) is 1. The third kappa shape index (κ3) is 4.19. The first-order valence-corrected chi connectivity index (χ1v) is 14.4. The van der Waals surface area contributed by atoms with Gasteiger partial charge in [-0.2, -0.15) is 0 Å². The lowest BCUT2D eigenvalue weighted by Crippen LogP contribution is -2.50. The maximum absolute atomic E-state index is 12.9. The molecule has 3 saturated carbocycles. The maximum Gasteiger partial charge on any atom is 0.222 e. The number of methoxy groups -OCH3 is 1. The van der Waals surface area contributed by atoms with E-state index in [2.05, 4.69) is 31.7 Å². The Morgan fingerprint density at radius 1 is 1.12 bits per heavy atom. The molecule has 1 heterocycles. The molecule has 34 heavy (non-hydrogen) atoms. The van der Waals surface area contributed by atoms with Crippen molar-refractivity contribution in [3.8, 4) is 0 Å². The van der Waals surface area contributed by atoms with Crippen LogP contribution in [0.3, 0.4) is 0 Å². The van der Waals surface area contributed by atoms with Gasteiger partial charge in [-0.25, -0.2) is 0 Å². The van der Waals surface area contributed by atoms with Gasteiger partial charge in [0.25, 0.3) is 0 Å². The predicted molar refractivity (Wildman–Crippen MR) is 136 cm³/mol. The van der Waals surface area contributed by atoms with Crippen LogP contribution in [0.15, 0.2) is 11.6 Å². The predicted octanol–water partition coefficient (Wildman–Crippen LogP) is 5.98. The number of carbonyl (C=O) groups excluding carboxylic acids is 1. The van der Waals surface area contributed by atoms with Gasteiger partial charge in [-0.15, -0.1) is 0 Å². The van der Waals surface area contributed by atoms with Crippen LogP contribution in [0.4, 0.5) is 0 Å². The van der Waals surface area contributed by atoms with E-state index in [9.17, 15) is 9.90 Å². The fourth-order valence-corrected chi connectivity index (χ4v) is 9.67. The molecule has 5 aliphatic rings. The number of fused-ring (bicyclic) bond motifs is 5. The van der Waals surface area contributed by atoms with Crippen LogP contribution in [0, 0.1) is 40.4 Å². The second-order valence-corrected chi connectivity index (χ2v) is 13.2. The lowest BCUT2D eigenvalue weighted by atomic mass is 9.47. The number of allylic oxidation sites excluding steroid dienone is 1. The second kappa shape index (κ2) is 9.54. The van der Waals surface area contributed by atoms with E-state index in [0.29, 0.717) is 35.2 Å². The molecule has 4 aliphatic carbocycles. The summed E-state index contributed by atoms with van der Waals surface area (Å²) in [5.41, 5.74) is 2.35. The fourth-order valence-electron chi connectivity index (χ4n) is 9.67. The van der Waals surface area contributed by atoms with Crippen molar-refractivity contribution in [2.75, 3.05) is 20.2 Å². The van der Waals surface area contributed by atoms with Crippen LogP contribution in [0.5, 0.6) is 0 Å². The monoisotopic (exact) mass is 471 g/mol. The highest BCUT2D eigenvalue weighted by molar-refractivity contribution is 5.76. The van der Waals surface area contributed by atoms with E-state index in [1.54, 1.807) is 12.7 Å². The molecule has 1 saturated heterocycles. The van der Waals surface area contributed by atoms with Crippen molar-refractivity contribution in [1.29, 1.82) is 0 Å². The molecule has 1 aliphatic heterocycles. The average Bonchev–Trinajstić information content (AvgIpc) is 3.20. The normalized spacial score (nSPS) is 43.5. The lowest BCUT2D eigenvalue weighted by molar-refractivity contribution is -0.134. The van der Waals surface area contributed by atoms with Gasteiger partial charge < -0.3 is 14.7 Å². The molecular weight excluding hydrogens is 422 g/mol. The molecule has 1 amide bonds. The van der Waals surface area contributed by atoms with Gasteiger partial charge in [-0.1, -0.05) is 32.4 Å². The van der Waals surface area contributed by atoms with E-state index in [1.807, 2.05) is 0 Å². The number of piperidine rings is 1. The first-order chi connectivity index (χ1) is 16.3. The van der Waals surface area contributed by atoms with Crippen LogP contribution >= 0.6 is 0 Å². The number of amides is 1. The number of rotatable bonds is 5. The Morgan fingerprint density at radius 2 is 1.88 bits per heavy atom. The minimum atomic E-state index is -0.115. The molecule has 0 aromatic rings. The second-order valence-electron chi connectivity index (χ2n) is 13.2. The van der Waals surface area contributed by atoms with E-state index in [1.165, 1.54) is 38.5 Å². The molecular formula is C30H49NO3. The molecule has 4 fully saturated rings. The summed E-state index contributed by atoms with van der Waals surface area (Å²) in [5, 5.41) is 10.3. The minimum absolute atomic E-state index is 0.115. The number of likely N-dealkylation sites (tertiary alicyclic amines) is 1. The molecule has 0 aromatic heterocycles. The Labute approximate surface area is 207 Å². The third-order valence-electron chi connectivity index (χ3n) is 11.8. The summed E-state index contributed by atoms with van der Waals surface area (Å²) >= 11 is 0. The Balaban J connectivity index is 1.21. The summed E-state index contributed by atoms with van der Waals surface area (Å²) in [6.07, 6.45) is 16.3. The molecule has 192 valence electrons. The molecule has 0 aromatic carbocycles. The zero-order valence-corrected chi connectivity index (χ0v) is 22.2. The largest absolute Gasteiger partial charge is 0.393 e. The van der Waals surface area contributed by atoms with Crippen molar-refractivity contribution in [1.82, 2.24) is 4.90 Å². The fraction of sp³-hybridized carbons (Fsp3) is 0.900. The van der Waals surface area contributed by atoms with Crippen LogP contribution in [-0.4, -0.2) is 48.3 Å². The molecule has 8 atom stereocenters. The topological polar surface area (TPSA) is 49.8 Å². The van der Waals surface area contributed by atoms with Crippen LogP contribution < -0.4 is 0 Å². The first-order valence-electron chi connectivity index (χ1n) is 14.4. The summed E-state index contributed by atoms with van der Waals surface area (Å²) < 4.78 is 5.47. The van der Waals surface area contributed by atoms with Gasteiger partial charge in [0.05, 0.1) is 12.2 Å². The zero-order valence-electron chi connectivity index (χ0n) is 22.2. The number of carbonyl (C=O) groups is 1. The van der Waals surface area contributed by atoms with Gasteiger partial charge in [0.2, 0.25) is 5.91 Å². The van der Waals surface area contributed by atoms with E-state index in [-0.39, 0.29) is 6.10 Å². The molecule has 0 bridgehead atoms. The van der Waals surface area contributed by atoms with Gasteiger partial charge in [0.1, 0.15) is 0 Å². The van der Waals surface area contributed by atoms with E-state index < -0.39 is 0 Å². The smallest absolute Gasteiger partial charge is 0.222 e. The molecule has 0 unspecified atom stereocenters. The average molecular weight is 472 g/mol. The highest BCUT2D eigenvalue weighted by atomic mass is 16.5. The van der Waals surface area contributed by atoms with Crippen molar-refractivity contribution in [3.63, 3.8) is 0 Å². The molecule has 5 rings (SSSR count). The van der Waals surface area contributed by atoms with Crippen LogP contribution in [0.1, 0.15) is 97.8 Å². The highest BCUT2D eigenvalue weighted by Crippen LogP contribution is 2.67. The summed E-state index contributed by atoms with van der Waals surface area (Å²) in [4.78, 5) is 15.0. The van der Waals surface area contributed by atoms with Gasteiger partial charge in [-0.3, -0.25) is 4.79 Å². The Morgan fingerprint density at radius 3 is 2.62 bits per heavy atom. The van der Waals surface area contributed by atoms with Gasteiger partial charge in [-0.05, 0) is 111 Å². The van der Waals surface area contributed by atoms with Crippen molar-refractivity contribution in [2.45, 2.75) is 110 Å². The number of nitrogens with zero attached hydrogens (tertiary/aromatic N) is 1. The molecule has 0 radical (unpaired) electrons. The minimum Gasteiger partial charge on any atom is -0.393 e. The van der Waals surface area contributed by atoms with Crippen molar-refractivity contribution in [3.05, 3.63) is 11.6 Å². The lowest BCUT2D eigenvalue weighted by Gasteiger charge is -2.58. The zero-order chi connectivity index (χ0) is 24.1. The van der Waals surface area contributed by atoms with Crippen molar-refractivity contribution < 1.29 is 14.6 Å². The Bertz CT molecular complexity index is 786. The molecule has 4 heteroatoms. The van der Waals surface area contributed by atoms with Gasteiger partial charge >= 0.3 is 0 Å². The van der Waals surface area contributed by atoms with Gasteiger partial charge in [0.15, 0.2) is 0 Å². The third-order valence-corrected chi connectivity index (χ3v) is 11.8. The molecule has 4 nitrogen and oxygen atoms in total. The number of aliphatic hydroxyl groups is 1. The number of aliphatic hydroxyl groups excluding tert-OH is 1. The van der Waals surface area contributed by atoms with Crippen molar-refractivity contribution in [2.24, 2.45) is 40.4 Å².